The molecule has 1 N–H and O–H groups in total. The summed E-state index contributed by atoms with van der Waals surface area (Å²) in [7, 11) is -0.957. The van der Waals surface area contributed by atoms with Crippen LogP contribution in [0.2, 0.25) is 0 Å². The van der Waals surface area contributed by atoms with Gasteiger partial charge in [0.2, 0.25) is 10.0 Å². The summed E-state index contributed by atoms with van der Waals surface area (Å²) in [6.45, 7) is 0.149. The maximum atomic E-state index is 14.7. The van der Waals surface area contributed by atoms with Gasteiger partial charge in [-0.3, -0.25) is 9.10 Å². The van der Waals surface area contributed by atoms with Gasteiger partial charge in [-0.2, -0.15) is 0 Å². The van der Waals surface area contributed by atoms with Gasteiger partial charge in [0.15, 0.2) is 6.73 Å². The van der Waals surface area contributed by atoms with Crippen LogP contribution >= 0.6 is 0 Å². The highest BCUT2D eigenvalue weighted by atomic mass is 32.2. The Morgan fingerprint density at radius 3 is 2.50 bits per heavy atom. The summed E-state index contributed by atoms with van der Waals surface area (Å²) >= 11 is 0. The molecule has 9 nitrogen and oxygen atoms in total. The van der Waals surface area contributed by atoms with Gasteiger partial charge >= 0.3 is 0 Å². The number of carbonyl (C=O) groups is 1. The molecule has 0 saturated carbocycles. The lowest BCUT2D eigenvalue weighted by Gasteiger charge is -2.23. The van der Waals surface area contributed by atoms with E-state index >= 15 is 0 Å². The Hall–Kier alpha value is -5.30. The fourth-order valence-electron chi connectivity index (χ4n) is 5.72. The van der Waals surface area contributed by atoms with Crippen LogP contribution in [0.5, 0.6) is 5.75 Å². The summed E-state index contributed by atoms with van der Waals surface area (Å²) in [5, 5.41) is 3.35. The molecular formula is C33H25F3N4O5S. The number of rotatable bonds is 6. The van der Waals surface area contributed by atoms with E-state index in [0.29, 0.717) is 50.2 Å². The Bertz CT molecular complexity index is 2310. The van der Waals surface area contributed by atoms with E-state index in [1.807, 2.05) is 0 Å². The first-order chi connectivity index (χ1) is 22.0. The zero-order valence-electron chi connectivity index (χ0n) is 24.6. The predicted octanol–water partition coefficient (Wildman–Crippen LogP) is 6.97. The average molecular weight is 647 g/mol. The SMILES string of the molecule is CNC(=O)c1c(-c2ccc(C(F)F)cc2)oc2cc(N(C)S(C)(=O)=O)c(-c3ccc4c(n3)-c3cc5c(F)cccc5n3CO4)cc12. The number of pyridine rings is 1. The Labute approximate surface area is 260 Å². The number of halogens is 3. The van der Waals surface area contributed by atoms with Crippen molar-refractivity contribution in [2.24, 2.45) is 0 Å². The van der Waals surface area contributed by atoms with Crippen LogP contribution < -0.4 is 14.4 Å². The number of anilines is 1. The molecule has 0 radical (unpaired) electrons. The lowest BCUT2D eigenvalue weighted by molar-refractivity contribution is 0.0964. The largest absolute Gasteiger partial charge is 0.470 e. The Morgan fingerprint density at radius 1 is 1.04 bits per heavy atom. The molecule has 0 aliphatic carbocycles. The fourth-order valence-corrected chi connectivity index (χ4v) is 6.23. The normalized spacial score (nSPS) is 12.7. The van der Waals surface area contributed by atoms with Crippen LogP contribution in [0.15, 0.2) is 77.2 Å². The molecule has 4 heterocycles. The van der Waals surface area contributed by atoms with Gasteiger partial charge < -0.3 is 19.0 Å². The maximum Gasteiger partial charge on any atom is 0.263 e. The van der Waals surface area contributed by atoms with Crippen molar-refractivity contribution >= 4 is 43.5 Å². The van der Waals surface area contributed by atoms with Crippen LogP contribution in [0, 0.1) is 5.82 Å². The zero-order valence-corrected chi connectivity index (χ0v) is 25.5. The molecule has 46 heavy (non-hydrogen) atoms. The first-order valence-electron chi connectivity index (χ1n) is 14.0. The van der Waals surface area contributed by atoms with Crippen molar-refractivity contribution in [2.75, 3.05) is 24.7 Å². The summed E-state index contributed by atoms with van der Waals surface area (Å²) in [6.07, 6.45) is -1.62. The number of hydrogen-bond acceptors (Lipinski definition) is 6. The zero-order chi connectivity index (χ0) is 32.5. The number of fused-ring (bicyclic) bond motifs is 6. The van der Waals surface area contributed by atoms with E-state index in [2.05, 4.69) is 5.32 Å². The summed E-state index contributed by atoms with van der Waals surface area (Å²) < 4.78 is 81.7. The molecule has 0 spiro atoms. The molecule has 1 amide bonds. The summed E-state index contributed by atoms with van der Waals surface area (Å²) in [5.41, 5.74) is 3.10. The quantitative estimate of drug-likeness (QED) is 0.210. The van der Waals surface area contributed by atoms with Crippen LogP contribution in [0.25, 0.3) is 55.8 Å². The lowest BCUT2D eigenvalue weighted by Crippen LogP contribution is -2.25. The van der Waals surface area contributed by atoms with Crippen LogP contribution in [0.4, 0.5) is 18.9 Å². The second-order valence-electron chi connectivity index (χ2n) is 10.9. The minimum atomic E-state index is -3.79. The highest BCUT2D eigenvalue weighted by Crippen LogP contribution is 2.44. The topological polar surface area (TPSA) is 107 Å². The summed E-state index contributed by atoms with van der Waals surface area (Å²) in [5.74, 6) is -0.303. The highest BCUT2D eigenvalue weighted by molar-refractivity contribution is 7.92. The summed E-state index contributed by atoms with van der Waals surface area (Å²) in [4.78, 5) is 18.1. The Kier molecular flexibility index (Phi) is 6.81. The maximum absolute atomic E-state index is 14.7. The number of nitrogens with one attached hydrogen (secondary N) is 1. The van der Waals surface area contributed by atoms with E-state index in [9.17, 15) is 26.4 Å². The molecule has 1 aliphatic rings. The van der Waals surface area contributed by atoms with Crippen LogP contribution in [0.3, 0.4) is 0 Å². The number of hydrogen-bond donors (Lipinski definition) is 1. The van der Waals surface area contributed by atoms with Crippen molar-refractivity contribution in [1.29, 1.82) is 0 Å². The number of aromatic nitrogens is 2. The number of benzene rings is 3. The monoisotopic (exact) mass is 646 g/mol. The first kappa shape index (κ1) is 29.4. The molecule has 3 aromatic heterocycles. The molecule has 0 saturated heterocycles. The molecule has 13 heteroatoms. The van der Waals surface area contributed by atoms with Gasteiger partial charge in [-0.1, -0.05) is 30.3 Å². The van der Waals surface area contributed by atoms with Crippen LogP contribution in [-0.4, -0.2) is 44.2 Å². The van der Waals surface area contributed by atoms with E-state index in [-0.39, 0.29) is 40.7 Å². The lowest BCUT2D eigenvalue weighted by atomic mass is 10.00. The third-order valence-electron chi connectivity index (χ3n) is 8.14. The highest BCUT2D eigenvalue weighted by Gasteiger charge is 2.28. The molecular weight excluding hydrogens is 621 g/mol. The Balaban J connectivity index is 1.47. The van der Waals surface area contributed by atoms with E-state index in [4.69, 9.17) is 14.1 Å². The van der Waals surface area contributed by atoms with Gasteiger partial charge in [-0.15, -0.1) is 0 Å². The number of furan rings is 1. The number of carbonyl (C=O) groups excluding carboxylic acids is 1. The second kappa shape index (κ2) is 10.7. The minimum Gasteiger partial charge on any atom is -0.470 e. The summed E-state index contributed by atoms with van der Waals surface area (Å²) in [6, 6.07) is 18.3. The van der Waals surface area contributed by atoms with Crippen molar-refractivity contribution in [3.63, 3.8) is 0 Å². The van der Waals surface area contributed by atoms with Gasteiger partial charge in [-0.25, -0.2) is 26.6 Å². The van der Waals surface area contributed by atoms with Crippen molar-refractivity contribution in [3.8, 4) is 39.7 Å². The average Bonchev–Trinajstić information content (AvgIpc) is 3.62. The third-order valence-corrected chi connectivity index (χ3v) is 9.33. The minimum absolute atomic E-state index is 0.124. The molecule has 0 unspecified atom stereocenters. The van der Waals surface area contributed by atoms with E-state index in [1.54, 1.807) is 41.0 Å². The molecule has 0 bridgehead atoms. The van der Waals surface area contributed by atoms with Crippen LogP contribution in [-0.2, 0) is 16.8 Å². The number of amides is 1. The first-order valence-corrected chi connectivity index (χ1v) is 15.9. The van der Waals surface area contributed by atoms with Crippen molar-refractivity contribution in [1.82, 2.24) is 14.9 Å². The number of nitrogens with zero attached hydrogens (tertiary/aromatic N) is 3. The van der Waals surface area contributed by atoms with Gasteiger partial charge in [0.1, 0.15) is 28.6 Å². The molecule has 234 valence electrons. The smallest absolute Gasteiger partial charge is 0.263 e. The van der Waals surface area contributed by atoms with E-state index < -0.39 is 22.4 Å². The van der Waals surface area contributed by atoms with Crippen molar-refractivity contribution in [2.45, 2.75) is 13.2 Å². The van der Waals surface area contributed by atoms with Crippen molar-refractivity contribution in [3.05, 3.63) is 89.7 Å². The molecule has 0 atom stereocenters. The predicted molar refractivity (Wildman–Crippen MR) is 168 cm³/mol. The van der Waals surface area contributed by atoms with E-state index in [0.717, 1.165) is 10.6 Å². The molecule has 6 aromatic rings. The van der Waals surface area contributed by atoms with Gasteiger partial charge in [-0.05, 0) is 36.4 Å². The van der Waals surface area contributed by atoms with Crippen molar-refractivity contribution < 1.29 is 35.5 Å². The van der Waals surface area contributed by atoms with Gasteiger partial charge in [0, 0.05) is 47.6 Å². The molecule has 0 fully saturated rings. The standard InChI is InChI=1S/C33H25F3N4O5S/c1-37-33(41)29-21-13-20(23-11-12-27-30(38-23)26-14-19-22(34)5-4-6-24(19)40(26)16-44-27)25(39(2)46(3,42)43)15-28(21)45-31(29)17-7-9-18(10-8-17)32(35)36/h4-15,32H,16H2,1-3H3,(H,37,41). The second-order valence-corrected chi connectivity index (χ2v) is 12.9. The molecule has 1 aliphatic heterocycles. The van der Waals surface area contributed by atoms with E-state index in [1.165, 1.54) is 50.5 Å². The van der Waals surface area contributed by atoms with Crippen LogP contribution in [0.1, 0.15) is 22.3 Å². The van der Waals surface area contributed by atoms with Gasteiger partial charge in [0.25, 0.3) is 12.3 Å². The molecule has 7 rings (SSSR count). The number of alkyl halides is 2. The van der Waals surface area contributed by atoms with Gasteiger partial charge in [0.05, 0.1) is 34.4 Å². The third kappa shape index (κ3) is 4.66. The number of ether oxygens (including phenoxy) is 1. The number of sulfonamides is 1. The fraction of sp³-hybridized carbons (Fsp3) is 0.152. The Morgan fingerprint density at radius 2 is 1.80 bits per heavy atom. The molecule has 3 aromatic carbocycles.